The summed E-state index contributed by atoms with van der Waals surface area (Å²) < 4.78 is 0. The molecule has 0 atom stereocenters. The smallest absolute Gasteiger partial charge is 0.178 e. The molecule has 3 heteroatoms. The Labute approximate surface area is 72.0 Å². The summed E-state index contributed by atoms with van der Waals surface area (Å²) >= 11 is 0. The van der Waals surface area contributed by atoms with E-state index in [2.05, 4.69) is 4.98 Å². The van der Waals surface area contributed by atoms with E-state index in [0.717, 1.165) is 0 Å². The normalized spacial score (nSPS) is 10.2. The number of likely N-dealkylation sites (N-methyl/N-ethyl adjacent to an activating group) is 1. The van der Waals surface area contributed by atoms with Crippen LogP contribution in [0.2, 0.25) is 0 Å². The second kappa shape index (κ2) is 3.97. The summed E-state index contributed by atoms with van der Waals surface area (Å²) in [7, 11) is 3.74. The van der Waals surface area contributed by atoms with Crippen LogP contribution in [0.5, 0.6) is 0 Å². The molecule has 1 rings (SSSR count). The maximum absolute atomic E-state index is 11.4. The molecule has 0 amide bonds. The lowest BCUT2D eigenvalue weighted by Crippen LogP contribution is -2.21. The minimum atomic E-state index is 0.105. The molecule has 64 valence electrons. The highest BCUT2D eigenvalue weighted by molar-refractivity contribution is 5.97. The molecule has 1 aromatic heterocycles. The molecule has 0 N–H and O–H groups in total. The molecule has 0 fully saturated rings. The molecule has 1 aromatic rings. The Balaban J connectivity index is 2.66. The molecule has 0 aliphatic heterocycles. The van der Waals surface area contributed by atoms with Gasteiger partial charge in [-0.2, -0.15) is 0 Å². The monoisotopic (exact) mass is 164 g/mol. The fraction of sp³-hybridized carbons (Fsp3) is 0.333. The quantitative estimate of drug-likeness (QED) is 0.620. The van der Waals surface area contributed by atoms with Crippen molar-refractivity contribution in [3.8, 4) is 0 Å². The van der Waals surface area contributed by atoms with Crippen molar-refractivity contribution in [2.45, 2.75) is 0 Å². The number of rotatable bonds is 3. The molecule has 0 radical (unpaired) electrons. The van der Waals surface area contributed by atoms with Gasteiger partial charge in [-0.15, -0.1) is 0 Å². The predicted molar refractivity (Wildman–Crippen MR) is 47.1 cm³/mol. The molecule has 0 saturated carbocycles. The minimum Gasteiger partial charge on any atom is -0.302 e. The first kappa shape index (κ1) is 8.87. The van der Waals surface area contributed by atoms with Crippen LogP contribution >= 0.6 is 0 Å². The summed E-state index contributed by atoms with van der Waals surface area (Å²) in [5.74, 6) is 0.105. The molecular weight excluding hydrogens is 152 g/mol. The molecule has 0 bridgehead atoms. The zero-order chi connectivity index (χ0) is 8.97. The fourth-order valence-electron chi connectivity index (χ4n) is 0.906. The molecule has 0 aliphatic carbocycles. The van der Waals surface area contributed by atoms with Gasteiger partial charge in [0.25, 0.3) is 0 Å². The van der Waals surface area contributed by atoms with Crippen LogP contribution in [0.25, 0.3) is 0 Å². The van der Waals surface area contributed by atoms with E-state index in [1.54, 1.807) is 24.5 Å². The van der Waals surface area contributed by atoms with Crippen molar-refractivity contribution >= 4 is 5.78 Å². The van der Waals surface area contributed by atoms with E-state index in [9.17, 15) is 4.79 Å². The van der Waals surface area contributed by atoms with Crippen molar-refractivity contribution in [3.63, 3.8) is 0 Å². The number of carbonyl (C=O) groups excluding carboxylic acids is 1. The number of nitrogens with zero attached hydrogens (tertiary/aromatic N) is 2. The standard InChI is InChI=1S/C9H12N2O/c1-11(2)7-9(12)8-4-3-5-10-6-8/h3-6H,7H2,1-2H3. The Morgan fingerprint density at radius 3 is 2.83 bits per heavy atom. The number of Topliss-reactive ketones (excluding diaryl/α,β-unsaturated/α-hetero) is 1. The van der Waals surface area contributed by atoms with Gasteiger partial charge < -0.3 is 4.90 Å². The molecule has 0 unspecified atom stereocenters. The third-order valence-electron chi connectivity index (χ3n) is 1.44. The third kappa shape index (κ3) is 2.43. The second-order valence-electron chi connectivity index (χ2n) is 2.90. The van der Waals surface area contributed by atoms with Gasteiger partial charge >= 0.3 is 0 Å². The van der Waals surface area contributed by atoms with E-state index in [0.29, 0.717) is 12.1 Å². The van der Waals surface area contributed by atoms with Gasteiger partial charge in [-0.1, -0.05) is 0 Å². The maximum atomic E-state index is 11.4. The number of ketones is 1. The topological polar surface area (TPSA) is 33.2 Å². The van der Waals surface area contributed by atoms with Crippen molar-refractivity contribution < 1.29 is 4.79 Å². The van der Waals surface area contributed by atoms with Crippen molar-refractivity contribution in [1.29, 1.82) is 0 Å². The predicted octanol–water partition coefficient (Wildman–Crippen LogP) is 0.826. The Morgan fingerprint density at radius 1 is 1.58 bits per heavy atom. The van der Waals surface area contributed by atoms with Crippen LogP contribution < -0.4 is 0 Å². The van der Waals surface area contributed by atoms with Gasteiger partial charge in [0.2, 0.25) is 0 Å². The van der Waals surface area contributed by atoms with Crippen LogP contribution in [0.15, 0.2) is 24.5 Å². The van der Waals surface area contributed by atoms with E-state index < -0.39 is 0 Å². The Bertz CT molecular complexity index is 256. The van der Waals surface area contributed by atoms with Gasteiger partial charge in [0.05, 0.1) is 6.54 Å². The molecule has 0 spiro atoms. The molecule has 0 aliphatic rings. The summed E-state index contributed by atoms with van der Waals surface area (Å²) in [5, 5.41) is 0. The number of aromatic nitrogens is 1. The average molecular weight is 164 g/mol. The highest BCUT2D eigenvalue weighted by Crippen LogP contribution is 1.97. The fourth-order valence-corrected chi connectivity index (χ4v) is 0.906. The van der Waals surface area contributed by atoms with Crippen molar-refractivity contribution in [3.05, 3.63) is 30.1 Å². The zero-order valence-corrected chi connectivity index (χ0v) is 7.32. The lowest BCUT2D eigenvalue weighted by atomic mass is 10.2. The van der Waals surface area contributed by atoms with Crippen molar-refractivity contribution in [2.75, 3.05) is 20.6 Å². The van der Waals surface area contributed by atoms with E-state index in [1.165, 1.54) is 0 Å². The van der Waals surface area contributed by atoms with Crippen LogP contribution in [0.1, 0.15) is 10.4 Å². The minimum absolute atomic E-state index is 0.105. The molecule has 0 aromatic carbocycles. The number of hydrogen-bond acceptors (Lipinski definition) is 3. The summed E-state index contributed by atoms with van der Waals surface area (Å²) in [6.45, 7) is 0.436. The van der Waals surface area contributed by atoms with E-state index in [4.69, 9.17) is 0 Å². The Kier molecular flexibility index (Phi) is 2.94. The van der Waals surface area contributed by atoms with Gasteiger partial charge in [0.15, 0.2) is 5.78 Å². The first-order valence-corrected chi connectivity index (χ1v) is 3.78. The SMILES string of the molecule is CN(C)CC(=O)c1cccnc1. The van der Waals surface area contributed by atoms with E-state index in [1.807, 2.05) is 19.0 Å². The maximum Gasteiger partial charge on any atom is 0.178 e. The summed E-state index contributed by atoms with van der Waals surface area (Å²) in [4.78, 5) is 17.1. The Morgan fingerprint density at radius 2 is 2.33 bits per heavy atom. The van der Waals surface area contributed by atoms with Crippen LogP contribution in [-0.4, -0.2) is 36.3 Å². The molecule has 3 nitrogen and oxygen atoms in total. The lowest BCUT2D eigenvalue weighted by molar-refractivity contribution is 0.0957. The first-order chi connectivity index (χ1) is 5.70. The van der Waals surface area contributed by atoms with Crippen molar-refractivity contribution in [1.82, 2.24) is 9.88 Å². The Hall–Kier alpha value is -1.22. The van der Waals surface area contributed by atoms with E-state index in [-0.39, 0.29) is 5.78 Å². The summed E-state index contributed by atoms with van der Waals surface area (Å²) in [6, 6.07) is 3.54. The van der Waals surface area contributed by atoms with E-state index >= 15 is 0 Å². The highest BCUT2D eigenvalue weighted by Gasteiger charge is 2.05. The number of hydrogen-bond donors (Lipinski definition) is 0. The first-order valence-electron chi connectivity index (χ1n) is 3.78. The van der Waals surface area contributed by atoms with Crippen LogP contribution in [-0.2, 0) is 0 Å². The van der Waals surface area contributed by atoms with Gasteiger partial charge in [-0.3, -0.25) is 9.78 Å². The summed E-state index contributed by atoms with van der Waals surface area (Å²) in [5.41, 5.74) is 0.672. The van der Waals surface area contributed by atoms with Gasteiger partial charge in [-0.05, 0) is 26.2 Å². The van der Waals surface area contributed by atoms with Gasteiger partial charge in [0, 0.05) is 18.0 Å². The third-order valence-corrected chi connectivity index (χ3v) is 1.44. The highest BCUT2D eigenvalue weighted by atomic mass is 16.1. The van der Waals surface area contributed by atoms with Gasteiger partial charge in [0.1, 0.15) is 0 Å². The van der Waals surface area contributed by atoms with Crippen molar-refractivity contribution in [2.24, 2.45) is 0 Å². The van der Waals surface area contributed by atoms with Crippen LogP contribution in [0, 0.1) is 0 Å². The largest absolute Gasteiger partial charge is 0.302 e. The number of pyridine rings is 1. The molecule has 12 heavy (non-hydrogen) atoms. The average Bonchev–Trinajstić information content (AvgIpc) is 2.05. The lowest BCUT2D eigenvalue weighted by Gasteiger charge is -2.07. The van der Waals surface area contributed by atoms with Crippen LogP contribution in [0.4, 0.5) is 0 Å². The van der Waals surface area contributed by atoms with Crippen LogP contribution in [0.3, 0.4) is 0 Å². The zero-order valence-electron chi connectivity index (χ0n) is 7.32. The number of carbonyl (C=O) groups is 1. The molecular formula is C9H12N2O. The molecule has 0 saturated heterocycles. The second-order valence-corrected chi connectivity index (χ2v) is 2.90. The van der Waals surface area contributed by atoms with Gasteiger partial charge in [-0.25, -0.2) is 0 Å². The summed E-state index contributed by atoms with van der Waals surface area (Å²) in [6.07, 6.45) is 3.25. The molecule has 1 heterocycles.